The van der Waals surface area contributed by atoms with Crippen LogP contribution in [0.4, 0.5) is 32.2 Å². The molecule has 3 heterocycles. The van der Waals surface area contributed by atoms with E-state index in [0.29, 0.717) is 10.9 Å². The van der Waals surface area contributed by atoms with Crippen LogP contribution in [0.15, 0.2) is 22.9 Å². The fraction of sp³-hybridized carbons (Fsp3) is 0.412. The van der Waals surface area contributed by atoms with Crippen molar-refractivity contribution in [2.75, 3.05) is 31.1 Å². The van der Waals surface area contributed by atoms with Crippen molar-refractivity contribution >= 4 is 29.4 Å². The van der Waals surface area contributed by atoms with E-state index in [1.54, 1.807) is 12.4 Å². The maximum Gasteiger partial charge on any atom is 0.490 e. The monoisotopic (exact) mass is 506 g/mol. The molecule has 0 aromatic carbocycles. The summed E-state index contributed by atoms with van der Waals surface area (Å²) in [6.45, 7) is 5.62. The van der Waals surface area contributed by atoms with Crippen LogP contribution in [0.25, 0.3) is 11.5 Å². The number of hydrogen-bond acceptors (Lipinski definition) is 7. The van der Waals surface area contributed by atoms with Crippen LogP contribution in [0.2, 0.25) is 5.02 Å². The maximum absolute atomic E-state index is 10.6. The highest BCUT2D eigenvalue weighted by Gasteiger charge is 2.38. The summed E-state index contributed by atoms with van der Waals surface area (Å²) in [5, 5.41) is 18.2. The van der Waals surface area contributed by atoms with E-state index in [-0.39, 0.29) is 0 Å². The van der Waals surface area contributed by atoms with Crippen LogP contribution < -0.4 is 10.2 Å². The van der Waals surface area contributed by atoms with Gasteiger partial charge < -0.3 is 24.8 Å². The van der Waals surface area contributed by atoms with E-state index < -0.39 is 24.3 Å². The molecule has 0 bridgehead atoms. The van der Waals surface area contributed by atoms with Gasteiger partial charge in [-0.2, -0.15) is 26.3 Å². The highest BCUT2D eigenvalue weighted by atomic mass is 35.5. The molecule has 2 aromatic rings. The molecule has 9 nitrogen and oxygen atoms in total. The van der Waals surface area contributed by atoms with Gasteiger partial charge in [0.15, 0.2) is 0 Å². The van der Waals surface area contributed by atoms with Gasteiger partial charge in [-0.05, 0) is 13.0 Å². The van der Waals surface area contributed by atoms with Crippen molar-refractivity contribution in [3.63, 3.8) is 0 Å². The molecular weight excluding hydrogens is 490 g/mol. The Bertz CT molecular complexity index is 921. The Morgan fingerprint density at radius 2 is 1.52 bits per heavy atom. The number of anilines is 1. The molecule has 0 unspecified atom stereocenters. The molecule has 184 valence electrons. The van der Waals surface area contributed by atoms with E-state index in [0.717, 1.165) is 43.3 Å². The molecule has 3 rings (SSSR count). The average Bonchev–Trinajstić information content (AvgIpc) is 3.14. The zero-order valence-corrected chi connectivity index (χ0v) is 17.4. The molecule has 2 aromatic heterocycles. The number of alkyl halides is 6. The first-order valence-corrected chi connectivity index (χ1v) is 9.15. The lowest BCUT2D eigenvalue weighted by molar-refractivity contribution is -0.193. The van der Waals surface area contributed by atoms with Gasteiger partial charge in [0, 0.05) is 32.4 Å². The second-order valence-electron chi connectivity index (χ2n) is 6.15. The molecular formula is C17H17ClF6N4O5. The summed E-state index contributed by atoms with van der Waals surface area (Å²) in [5.74, 6) is -3.36. The van der Waals surface area contributed by atoms with Crippen LogP contribution >= 0.6 is 11.6 Å². The number of oxazole rings is 1. The van der Waals surface area contributed by atoms with Crippen LogP contribution in [0.3, 0.4) is 0 Å². The summed E-state index contributed by atoms with van der Waals surface area (Å²) in [5.41, 5.74) is 0.803. The molecule has 1 saturated heterocycles. The Hall–Kier alpha value is -3.07. The number of pyridine rings is 1. The number of aryl methyl sites for hydroxylation is 1. The van der Waals surface area contributed by atoms with Gasteiger partial charge in [-0.25, -0.2) is 19.6 Å². The van der Waals surface area contributed by atoms with Crippen LogP contribution in [-0.2, 0) is 9.59 Å². The lowest BCUT2D eigenvalue weighted by Crippen LogP contribution is -2.44. The van der Waals surface area contributed by atoms with Crippen molar-refractivity contribution < 1.29 is 50.6 Å². The predicted molar refractivity (Wildman–Crippen MR) is 102 cm³/mol. The first kappa shape index (κ1) is 28.0. The minimum atomic E-state index is -5.08. The second kappa shape index (κ2) is 11.7. The van der Waals surface area contributed by atoms with Gasteiger partial charge in [0.2, 0.25) is 5.89 Å². The smallest absolute Gasteiger partial charge is 0.475 e. The third-order valence-corrected chi connectivity index (χ3v) is 3.87. The Labute approximate surface area is 187 Å². The highest BCUT2D eigenvalue weighted by molar-refractivity contribution is 6.33. The fourth-order valence-electron chi connectivity index (χ4n) is 2.15. The van der Waals surface area contributed by atoms with Crippen molar-refractivity contribution in [3.8, 4) is 11.5 Å². The molecule has 16 heteroatoms. The topological polar surface area (TPSA) is 129 Å². The molecule has 0 atom stereocenters. The molecule has 0 spiro atoms. The molecule has 1 aliphatic heterocycles. The summed E-state index contributed by atoms with van der Waals surface area (Å²) < 4.78 is 68.9. The highest BCUT2D eigenvalue weighted by Crippen LogP contribution is 2.28. The largest absolute Gasteiger partial charge is 0.490 e. The first-order chi connectivity index (χ1) is 15.1. The van der Waals surface area contributed by atoms with Gasteiger partial charge in [0.05, 0.1) is 16.8 Å². The number of piperazine rings is 1. The van der Waals surface area contributed by atoms with Gasteiger partial charge in [-0.3, -0.25) is 0 Å². The third-order valence-electron chi connectivity index (χ3n) is 3.59. The Morgan fingerprint density at radius 3 is 1.88 bits per heavy atom. The third kappa shape index (κ3) is 9.53. The van der Waals surface area contributed by atoms with Gasteiger partial charge in [0.1, 0.15) is 11.6 Å². The molecule has 0 radical (unpaired) electrons. The number of carboxylic acids is 2. The maximum atomic E-state index is 10.6. The van der Waals surface area contributed by atoms with Crippen molar-refractivity contribution in [2.24, 2.45) is 0 Å². The van der Waals surface area contributed by atoms with Crippen molar-refractivity contribution in [1.82, 2.24) is 15.3 Å². The summed E-state index contributed by atoms with van der Waals surface area (Å²) in [6, 6.07) is 1.86. The van der Waals surface area contributed by atoms with Crippen molar-refractivity contribution in [3.05, 3.63) is 29.2 Å². The molecule has 0 amide bonds. The molecule has 3 N–H and O–H groups in total. The zero-order valence-electron chi connectivity index (χ0n) is 16.7. The normalized spacial score (nSPS) is 13.9. The number of carboxylic acid groups (broad SMARTS) is 2. The van der Waals surface area contributed by atoms with Crippen LogP contribution in [-0.4, -0.2) is 70.7 Å². The molecule has 0 aliphatic carbocycles. The van der Waals surface area contributed by atoms with Crippen LogP contribution in [0.5, 0.6) is 0 Å². The minimum absolute atomic E-state index is 0.554. The van der Waals surface area contributed by atoms with Gasteiger partial charge in [-0.15, -0.1) is 0 Å². The number of hydrogen-bond donors (Lipinski definition) is 3. The fourth-order valence-corrected chi connectivity index (χ4v) is 2.43. The number of carbonyl (C=O) groups is 2. The number of nitrogens with zero attached hydrogens (tertiary/aromatic N) is 3. The van der Waals surface area contributed by atoms with Gasteiger partial charge >= 0.3 is 24.3 Å². The number of nitrogens with one attached hydrogen (secondary N) is 1. The summed E-state index contributed by atoms with van der Waals surface area (Å²) >= 11 is 6.33. The predicted octanol–water partition coefficient (Wildman–Crippen LogP) is 3.37. The van der Waals surface area contributed by atoms with Crippen molar-refractivity contribution in [2.45, 2.75) is 19.3 Å². The average molecular weight is 507 g/mol. The summed E-state index contributed by atoms with van der Waals surface area (Å²) in [4.78, 5) is 28.6. The standard InChI is InChI=1S/C13H15ClN4O.2C2HF3O2/c1-9-7-17-13(19-9)10-6-11(14)12(16-8-10)18-4-2-15-3-5-18;2*3-2(4,5)1(6)7/h6-8,15H,2-5H2,1H3;2*(H,6,7). The number of aromatic nitrogens is 2. The Morgan fingerprint density at radius 1 is 1.03 bits per heavy atom. The van der Waals surface area contributed by atoms with E-state index in [9.17, 15) is 26.3 Å². The molecule has 1 fully saturated rings. The minimum Gasteiger partial charge on any atom is -0.475 e. The van der Waals surface area contributed by atoms with Gasteiger partial charge in [-0.1, -0.05) is 11.6 Å². The molecule has 1 aliphatic rings. The van der Waals surface area contributed by atoms with E-state index >= 15 is 0 Å². The van der Waals surface area contributed by atoms with E-state index in [4.69, 9.17) is 35.8 Å². The van der Waals surface area contributed by atoms with E-state index in [1.807, 2.05) is 13.0 Å². The van der Waals surface area contributed by atoms with Gasteiger partial charge in [0.25, 0.3) is 0 Å². The van der Waals surface area contributed by atoms with E-state index in [1.165, 1.54) is 0 Å². The second-order valence-corrected chi connectivity index (χ2v) is 6.56. The SMILES string of the molecule is Cc1cnc(-c2cnc(N3CCNCC3)c(Cl)c2)o1.O=C(O)C(F)(F)F.O=C(O)C(F)(F)F. The van der Waals surface area contributed by atoms with Crippen LogP contribution in [0, 0.1) is 6.92 Å². The molecule has 33 heavy (non-hydrogen) atoms. The molecule has 0 saturated carbocycles. The lowest BCUT2D eigenvalue weighted by atomic mass is 10.2. The first-order valence-electron chi connectivity index (χ1n) is 8.77. The van der Waals surface area contributed by atoms with Crippen LogP contribution in [0.1, 0.15) is 5.76 Å². The number of halogens is 7. The number of rotatable bonds is 2. The zero-order chi connectivity index (χ0) is 25.4. The number of aliphatic carboxylic acids is 2. The lowest BCUT2D eigenvalue weighted by Gasteiger charge is -2.29. The Balaban J connectivity index is 0.000000324. The quantitative estimate of drug-likeness (QED) is 0.525. The summed E-state index contributed by atoms with van der Waals surface area (Å²) in [7, 11) is 0. The van der Waals surface area contributed by atoms with Crippen molar-refractivity contribution in [1.29, 1.82) is 0 Å². The van der Waals surface area contributed by atoms with E-state index in [2.05, 4.69) is 20.2 Å². The summed E-state index contributed by atoms with van der Waals surface area (Å²) in [6.07, 6.45) is -6.72. The Kier molecular flexibility index (Phi) is 9.91.